The van der Waals surface area contributed by atoms with Gasteiger partial charge in [-0.3, -0.25) is 4.79 Å². The minimum Gasteiger partial charge on any atom is -0.496 e. The van der Waals surface area contributed by atoms with Gasteiger partial charge >= 0.3 is 0 Å². The van der Waals surface area contributed by atoms with E-state index in [4.69, 9.17) is 14.2 Å². The zero-order valence-corrected chi connectivity index (χ0v) is 15.7. The predicted molar refractivity (Wildman–Crippen MR) is 99.8 cm³/mol. The number of benzene rings is 2. The highest BCUT2D eigenvalue weighted by Gasteiger charge is 2.40. The summed E-state index contributed by atoms with van der Waals surface area (Å²) in [6.45, 7) is 4.94. The molecule has 0 saturated carbocycles. The van der Waals surface area contributed by atoms with Crippen LogP contribution in [0.1, 0.15) is 35.9 Å². The molecule has 0 spiro atoms. The fourth-order valence-electron chi connectivity index (χ4n) is 3.27. The number of hydrogen-bond acceptors (Lipinski definition) is 4. The highest BCUT2D eigenvalue weighted by molar-refractivity contribution is 6.00. The molecular weight excluding hydrogens is 330 g/mol. The van der Waals surface area contributed by atoms with Gasteiger partial charge in [0.15, 0.2) is 0 Å². The highest BCUT2D eigenvalue weighted by atomic mass is 16.5. The number of ether oxygens (including phenoxy) is 3. The maximum atomic E-state index is 13.5. The molecule has 0 N–H and O–H groups in total. The SMILES string of the molecule is COc1cccc(OC)c1C(=O)N1CC(c2ccccc2)OCC1(C)C. The van der Waals surface area contributed by atoms with E-state index in [0.29, 0.717) is 30.2 Å². The Bertz CT molecular complexity index is 751. The van der Waals surface area contributed by atoms with E-state index in [-0.39, 0.29) is 12.0 Å². The van der Waals surface area contributed by atoms with Gasteiger partial charge in [0.2, 0.25) is 0 Å². The molecule has 3 rings (SSSR count). The van der Waals surface area contributed by atoms with Crippen molar-refractivity contribution in [3.8, 4) is 11.5 Å². The maximum absolute atomic E-state index is 13.5. The zero-order valence-electron chi connectivity index (χ0n) is 15.7. The summed E-state index contributed by atoms with van der Waals surface area (Å²) in [5.41, 5.74) is 1.07. The van der Waals surface area contributed by atoms with Crippen molar-refractivity contribution in [1.29, 1.82) is 0 Å². The predicted octanol–water partition coefficient (Wildman–Crippen LogP) is 3.70. The molecule has 1 heterocycles. The number of rotatable bonds is 4. The van der Waals surface area contributed by atoms with E-state index in [2.05, 4.69) is 0 Å². The van der Waals surface area contributed by atoms with E-state index in [0.717, 1.165) is 5.56 Å². The fourth-order valence-corrected chi connectivity index (χ4v) is 3.27. The van der Waals surface area contributed by atoms with Gasteiger partial charge in [0.05, 0.1) is 32.9 Å². The molecule has 2 aromatic carbocycles. The Hall–Kier alpha value is -2.53. The monoisotopic (exact) mass is 355 g/mol. The minimum atomic E-state index is -0.436. The van der Waals surface area contributed by atoms with E-state index in [1.54, 1.807) is 26.4 Å². The van der Waals surface area contributed by atoms with Crippen LogP contribution in [0, 0.1) is 0 Å². The second kappa shape index (κ2) is 7.38. The van der Waals surface area contributed by atoms with Crippen LogP contribution in [-0.2, 0) is 4.74 Å². The quantitative estimate of drug-likeness (QED) is 0.839. The van der Waals surface area contributed by atoms with Crippen molar-refractivity contribution >= 4 is 5.91 Å². The van der Waals surface area contributed by atoms with Crippen LogP contribution >= 0.6 is 0 Å². The third-order valence-corrected chi connectivity index (χ3v) is 4.78. The second-order valence-electron chi connectivity index (χ2n) is 6.98. The topological polar surface area (TPSA) is 48.0 Å². The van der Waals surface area contributed by atoms with Gasteiger partial charge < -0.3 is 19.1 Å². The number of methoxy groups -OCH3 is 2. The molecule has 1 aliphatic rings. The van der Waals surface area contributed by atoms with Gasteiger partial charge in [-0.1, -0.05) is 36.4 Å². The summed E-state index contributed by atoms with van der Waals surface area (Å²) in [5, 5.41) is 0. The number of morpholine rings is 1. The van der Waals surface area contributed by atoms with Crippen LogP contribution in [0.2, 0.25) is 0 Å². The first-order valence-corrected chi connectivity index (χ1v) is 8.67. The smallest absolute Gasteiger partial charge is 0.262 e. The van der Waals surface area contributed by atoms with Gasteiger partial charge in [-0.25, -0.2) is 0 Å². The van der Waals surface area contributed by atoms with Crippen molar-refractivity contribution in [2.24, 2.45) is 0 Å². The Morgan fingerprint density at radius 1 is 1.04 bits per heavy atom. The summed E-state index contributed by atoms with van der Waals surface area (Å²) >= 11 is 0. The summed E-state index contributed by atoms with van der Waals surface area (Å²) in [6, 6.07) is 15.3. The van der Waals surface area contributed by atoms with E-state index < -0.39 is 5.54 Å². The number of hydrogen-bond donors (Lipinski definition) is 0. The normalized spacial score (nSPS) is 19.1. The molecule has 5 nitrogen and oxygen atoms in total. The molecule has 138 valence electrons. The van der Waals surface area contributed by atoms with Gasteiger partial charge in [-0.2, -0.15) is 0 Å². The number of carbonyl (C=O) groups is 1. The summed E-state index contributed by atoms with van der Waals surface area (Å²) in [7, 11) is 3.12. The van der Waals surface area contributed by atoms with Crippen molar-refractivity contribution < 1.29 is 19.0 Å². The first kappa shape index (κ1) is 18.3. The first-order chi connectivity index (χ1) is 12.5. The fraction of sp³-hybridized carbons (Fsp3) is 0.381. The van der Waals surface area contributed by atoms with Crippen LogP contribution in [0.15, 0.2) is 48.5 Å². The molecule has 1 fully saturated rings. The van der Waals surface area contributed by atoms with Gasteiger partial charge in [-0.15, -0.1) is 0 Å². The molecule has 0 aromatic heterocycles. The van der Waals surface area contributed by atoms with Crippen molar-refractivity contribution in [3.05, 3.63) is 59.7 Å². The van der Waals surface area contributed by atoms with Crippen LogP contribution in [0.5, 0.6) is 11.5 Å². The second-order valence-corrected chi connectivity index (χ2v) is 6.98. The molecule has 0 aliphatic carbocycles. The van der Waals surface area contributed by atoms with Crippen molar-refractivity contribution in [3.63, 3.8) is 0 Å². The van der Waals surface area contributed by atoms with Crippen LogP contribution in [0.4, 0.5) is 0 Å². The molecular formula is C21H25NO4. The summed E-state index contributed by atoms with van der Waals surface area (Å²) < 4.78 is 16.9. The lowest BCUT2D eigenvalue weighted by Crippen LogP contribution is -2.56. The van der Waals surface area contributed by atoms with Gasteiger partial charge in [0.1, 0.15) is 23.2 Å². The van der Waals surface area contributed by atoms with Crippen LogP contribution in [0.3, 0.4) is 0 Å². The molecule has 0 bridgehead atoms. The van der Waals surface area contributed by atoms with Gasteiger partial charge in [0, 0.05) is 0 Å². The Kier molecular flexibility index (Phi) is 5.18. The summed E-state index contributed by atoms with van der Waals surface area (Å²) in [6.07, 6.45) is -0.158. The van der Waals surface area contributed by atoms with Crippen molar-refractivity contribution in [1.82, 2.24) is 4.90 Å². The Morgan fingerprint density at radius 3 is 2.23 bits per heavy atom. The van der Waals surface area contributed by atoms with E-state index in [9.17, 15) is 4.79 Å². The highest BCUT2D eigenvalue weighted by Crippen LogP contribution is 2.36. The Labute approximate surface area is 154 Å². The van der Waals surface area contributed by atoms with E-state index >= 15 is 0 Å². The largest absolute Gasteiger partial charge is 0.496 e. The molecule has 26 heavy (non-hydrogen) atoms. The third kappa shape index (κ3) is 3.40. The maximum Gasteiger partial charge on any atom is 0.262 e. The number of amides is 1. The molecule has 2 aromatic rings. The molecule has 1 amide bonds. The molecule has 0 radical (unpaired) electrons. The summed E-state index contributed by atoms with van der Waals surface area (Å²) in [5.74, 6) is 0.898. The third-order valence-electron chi connectivity index (χ3n) is 4.78. The van der Waals surface area contributed by atoms with E-state index in [1.807, 2.05) is 55.1 Å². The van der Waals surface area contributed by atoms with Crippen LogP contribution < -0.4 is 9.47 Å². The lowest BCUT2D eigenvalue weighted by atomic mass is 9.96. The standard InChI is InChI=1S/C21H25NO4/c1-21(2)14-26-18(15-9-6-5-7-10-15)13-22(21)20(23)19-16(24-3)11-8-12-17(19)25-4/h5-12,18H,13-14H2,1-4H3. The van der Waals surface area contributed by atoms with Crippen LogP contribution in [-0.4, -0.2) is 43.7 Å². The Morgan fingerprint density at radius 2 is 1.65 bits per heavy atom. The van der Waals surface area contributed by atoms with Crippen molar-refractivity contribution in [2.75, 3.05) is 27.4 Å². The molecule has 1 atom stereocenters. The molecule has 1 saturated heterocycles. The van der Waals surface area contributed by atoms with E-state index in [1.165, 1.54) is 0 Å². The van der Waals surface area contributed by atoms with Crippen molar-refractivity contribution in [2.45, 2.75) is 25.5 Å². The summed E-state index contributed by atoms with van der Waals surface area (Å²) in [4.78, 5) is 15.3. The first-order valence-electron chi connectivity index (χ1n) is 8.67. The Balaban J connectivity index is 1.96. The van der Waals surface area contributed by atoms with Gasteiger partial charge in [-0.05, 0) is 31.5 Å². The lowest BCUT2D eigenvalue weighted by molar-refractivity contribution is -0.0847. The molecule has 5 heteroatoms. The van der Waals surface area contributed by atoms with Crippen LogP contribution in [0.25, 0.3) is 0 Å². The minimum absolute atomic E-state index is 0.117. The molecule has 1 aliphatic heterocycles. The molecule has 1 unspecified atom stereocenters. The zero-order chi connectivity index (χ0) is 18.7. The van der Waals surface area contributed by atoms with Gasteiger partial charge in [0.25, 0.3) is 5.91 Å². The number of nitrogens with zero attached hydrogens (tertiary/aromatic N) is 1. The average Bonchev–Trinajstić information content (AvgIpc) is 2.67. The number of carbonyl (C=O) groups excluding carboxylic acids is 1. The average molecular weight is 355 g/mol. The lowest BCUT2D eigenvalue weighted by Gasteiger charge is -2.45.